The average Bonchev–Trinajstić information content (AvgIpc) is 2.63. The lowest BCUT2D eigenvalue weighted by Gasteiger charge is -2.01. The second-order valence-corrected chi connectivity index (χ2v) is 3.25. The van der Waals surface area contributed by atoms with Gasteiger partial charge in [-0.25, -0.2) is 4.39 Å². The van der Waals surface area contributed by atoms with Crippen molar-refractivity contribution in [3.8, 4) is 0 Å². The van der Waals surface area contributed by atoms with Crippen molar-refractivity contribution >= 4 is 16.8 Å². The minimum absolute atomic E-state index is 0.0781. The Hall–Kier alpha value is -1.68. The summed E-state index contributed by atoms with van der Waals surface area (Å²) < 4.78 is 18.5. The number of fused-ring (bicyclic) bond motifs is 1. The molecule has 2 N–H and O–H groups in total. The quantitative estimate of drug-likeness (QED) is 0.784. The van der Waals surface area contributed by atoms with Crippen LogP contribution >= 0.6 is 0 Å². The lowest BCUT2D eigenvalue weighted by atomic mass is 10.1. The summed E-state index contributed by atoms with van der Waals surface area (Å²) in [6, 6.07) is 4.40. The van der Waals surface area contributed by atoms with Crippen LogP contribution in [0.5, 0.6) is 0 Å². The number of rotatable bonds is 3. The Labute approximate surface area is 85.7 Å². The first-order chi connectivity index (χ1) is 7.22. The van der Waals surface area contributed by atoms with E-state index in [9.17, 15) is 9.18 Å². The molecule has 78 valence electrons. The van der Waals surface area contributed by atoms with E-state index in [1.165, 1.54) is 18.4 Å². The fraction of sp³-hybridized carbons (Fsp3) is 0.182. The van der Waals surface area contributed by atoms with Crippen molar-refractivity contribution in [3.05, 3.63) is 35.8 Å². The number of benzene rings is 1. The highest BCUT2D eigenvalue weighted by Gasteiger charge is 2.13. The van der Waals surface area contributed by atoms with Gasteiger partial charge in [-0.15, -0.1) is 0 Å². The number of carbonyl (C=O) groups is 1. The van der Waals surface area contributed by atoms with Crippen LogP contribution < -0.4 is 5.73 Å². The van der Waals surface area contributed by atoms with Gasteiger partial charge < -0.3 is 10.2 Å². The van der Waals surface area contributed by atoms with E-state index in [1.54, 1.807) is 6.07 Å². The highest BCUT2D eigenvalue weighted by atomic mass is 19.1. The van der Waals surface area contributed by atoms with Crippen molar-refractivity contribution in [2.45, 2.75) is 6.42 Å². The Morgan fingerprint density at radius 3 is 3.00 bits per heavy atom. The molecular weight excluding hydrogens is 197 g/mol. The Kier molecular flexibility index (Phi) is 2.51. The van der Waals surface area contributed by atoms with Gasteiger partial charge in [-0.3, -0.25) is 4.79 Å². The van der Waals surface area contributed by atoms with Crippen molar-refractivity contribution in [1.82, 2.24) is 0 Å². The van der Waals surface area contributed by atoms with Gasteiger partial charge in [0.2, 0.25) is 0 Å². The van der Waals surface area contributed by atoms with E-state index >= 15 is 0 Å². The summed E-state index contributed by atoms with van der Waals surface area (Å²) in [5.74, 6) is -0.839. The molecule has 1 heterocycles. The normalized spacial score (nSPS) is 10.8. The smallest absolute Gasteiger partial charge is 0.167 e. The molecule has 1 aromatic carbocycles. The summed E-state index contributed by atoms with van der Waals surface area (Å²) in [6.45, 7) is 0.224. The van der Waals surface area contributed by atoms with Crippen molar-refractivity contribution in [3.63, 3.8) is 0 Å². The third kappa shape index (κ3) is 1.76. The van der Waals surface area contributed by atoms with Gasteiger partial charge in [-0.05, 0) is 18.7 Å². The molecule has 0 aliphatic carbocycles. The van der Waals surface area contributed by atoms with Crippen molar-refractivity contribution in [2.24, 2.45) is 5.73 Å². The fourth-order valence-electron chi connectivity index (χ4n) is 1.46. The molecule has 1 aromatic heterocycles. The topological polar surface area (TPSA) is 56.2 Å². The maximum absolute atomic E-state index is 13.4. The van der Waals surface area contributed by atoms with E-state index in [-0.39, 0.29) is 24.3 Å². The zero-order chi connectivity index (χ0) is 10.8. The van der Waals surface area contributed by atoms with Gasteiger partial charge >= 0.3 is 0 Å². The largest absolute Gasteiger partial charge is 0.464 e. The molecule has 0 fully saturated rings. The van der Waals surface area contributed by atoms with Crippen molar-refractivity contribution < 1.29 is 13.6 Å². The summed E-state index contributed by atoms with van der Waals surface area (Å²) in [5, 5.41) is 0.719. The number of carbonyl (C=O) groups excluding carboxylic acids is 1. The number of halogens is 1. The standard InChI is InChI=1S/C11H10FNO2/c12-9-6-11-7(2-4-15-11)5-8(9)10(14)1-3-13/h2,4-6H,1,3,13H2. The Morgan fingerprint density at radius 2 is 2.27 bits per heavy atom. The molecule has 0 spiro atoms. The molecule has 0 aliphatic rings. The van der Waals surface area contributed by atoms with E-state index in [2.05, 4.69) is 0 Å². The molecule has 0 saturated carbocycles. The Morgan fingerprint density at radius 1 is 1.47 bits per heavy atom. The first kappa shape index (κ1) is 9.86. The summed E-state index contributed by atoms with van der Waals surface area (Å²) in [7, 11) is 0. The van der Waals surface area contributed by atoms with Crippen LogP contribution in [0.1, 0.15) is 16.8 Å². The number of hydrogen-bond donors (Lipinski definition) is 1. The van der Waals surface area contributed by atoms with Gasteiger partial charge in [0.25, 0.3) is 0 Å². The lowest BCUT2D eigenvalue weighted by molar-refractivity contribution is 0.0982. The maximum atomic E-state index is 13.4. The van der Waals surface area contributed by atoms with Gasteiger partial charge in [-0.2, -0.15) is 0 Å². The summed E-state index contributed by atoms with van der Waals surface area (Å²) in [4.78, 5) is 11.5. The molecule has 0 atom stereocenters. The van der Waals surface area contributed by atoms with Gasteiger partial charge in [0.1, 0.15) is 11.4 Å². The molecule has 2 aromatic rings. The Balaban J connectivity index is 2.50. The van der Waals surface area contributed by atoms with E-state index in [0.717, 1.165) is 5.39 Å². The van der Waals surface area contributed by atoms with Crippen LogP contribution in [0.2, 0.25) is 0 Å². The fourth-order valence-corrected chi connectivity index (χ4v) is 1.46. The van der Waals surface area contributed by atoms with Gasteiger partial charge in [0.05, 0.1) is 11.8 Å². The van der Waals surface area contributed by atoms with Crippen LogP contribution in [0.4, 0.5) is 4.39 Å². The highest BCUT2D eigenvalue weighted by molar-refractivity contribution is 5.99. The number of nitrogens with two attached hydrogens (primary N) is 1. The molecule has 0 aliphatic heterocycles. The van der Waals surface area contributed by atoms with Crippen LogP contribution in [0.25, 0.3) is 11.0 Å². The third-order valence-electron chi connectivity index (χ3n) is 2.21. The van der Waals surface area contributed by atoms with Crippen LogP contribution in [0, 0.1) is 5.82 Å². The summed E-state index contributed by atoms with van der Waals surface area (Å²) >= 11 is 0. The Bertz CT molecular complexity index is 504. The van der Waals surface area contributed by atoms with Gasteiger partial charge in [0.15, 0.2) is 5.78 Å². The first-order valence-corrected chi connectivity index (χ1v) is 4.62. The zero-order valence-corrected chi connectivity index (χ0v) is 8.00. The first-order valence-electron chi connectivity index (χ1n) is 4.62. The minimum atomic E-state index is -0.559. The zero-order valence-electron chi connectivity index (χ0n) is 8.00. The second-order valence-electron chi connectivity index (χ2n) is 3.25. The molecule has 0 amide bonds. The molecule has 4 heteroatoms. The second kappa shape index (κ2) is 3.82. The van der Waals surface area contributed by atoms with Crippen molar-refractivity contribution in [1.29, 1.82) is 0 Å². The molecule has 15 heavy (non-hydrogen) atoms. The molecular formula is C11H10FNO2. The summed E-state index contributed by atoms with van der Waals surface area (Å²) in [5.41, 5.74) is 5.77. The van der Waals surface area contributed by atoms with Crippen LogP contribution in [0.15, 0.2) is 28.9 Å². The predicted octanol–water partition coefficient (Wildman–Crippen LogP) is 2.10. The number of Topliss-reactive ketones (excluding diaryl/α,β-unsaturated/α-hetero) is 1. The molecule has 2 rings (SSSR count). The molecule has 0 saturated heterocycles. The lowest BCUT2D eigenvalue weighted by Crippen LogP contribution is -2.09. The van der Waals surface area contributed by atoms with E-state index in [4.69, 9.17) is 10.2 Å². The predicted molar refractivity (Wildman–Crippen MR) is 54.2 cm³/mol. The van der Waals surface area contributed by atoms with Gasteiger partial charge in [-0.1, -0.05) is 0 Å². The maximum Gasteiger partial charge on any atom is 0.167 e. The molecule has 0 unspecified atom stereocenters. The van der Waals surface area contributed by atoms with Gasteiger partial charge in [0, 0.05) is 17.9 Å². The van der Waals surface area contributed by atoms with E-state index < -0.39 is 5.82 Å². The van der Waals surface area contributed by atoms with Crippen molar-refractivity contribution in [2.75, 3.05) is 6.54 Å². The van der Waals surface area contributed by atoms with E-state index in [0.29, 0.717) is 5.58 Å². The third-order valence-corrected chi connectivity index (χ3v) is 2.21. The van der Waals surface area contributed by atoms with Crippen LogP contribution in [-0.2, 0) is 0 Å². The molecule has 0 bridgehead atoms. The number of hydrogen-bond acceptors (Lipinski definition) is 3. The number of ketones is 1. The average molecular weight is 207 g/mol. The highest BCUT2D eigenvalue weighted by Crippen LogP contribution is 2.21. The van der Waals surface area contributed by atoms with Crippen LogP contribution in [0.3, 0.4) is 0 Å². The molecule has 3 nitrogen and oxygen atoms in total. The van der Waals surface area contributed by atoms with E-state index in [1.807, 2.05) is 0 Å². The minimum Gasteiger partial charge on any atom is -0.464 e. The van der Waals surface area contributed by atoms with Crippen LogP contribution in [-0.4, -0.2) is 12.3 Å². The number of furan rings is 1. The summed E-state index contributed by atoms with van der Waals surface area (Å²) in [6.07, 6.45) is 1.61. The monoisotopic (exact) mass is 207 g/mol. The molecule has 0 radical (unpaired) electrons. The SMILES string of the molecule is NCCC(=O)c1cc2ccoc2cc1F.